The van der Waals surface area contributed by atoms with Gasteiger partial charge in [-0.25, -0.2) is 0 Å². The molecule has 0 bridgehead atoms. The van der Waals surface area contributed by atoms with Crippen molar-refractivity contribution in [3.63, 3.8) is 0 Å². The molecule has 0 unspecified atom stereocenters. The predicted molar refractivity (Wildman–Crippen MR) is 157 cm³/mol. The molecule has 0 aliphatic carbocycles. The molecule has 1 aliphatic rings. The SMILES string of the molecule is C=C/C(=C\C(=C/C)c1ccc2[nH]nc(-c3cc4c(-c5cccnc5)cncc4[nH]3)c2c1)CN1CCCCC1. The molecule has 190 valence electrons. The standard InChI is InChI=1S/C32H32N6/c1-3-22(21-38-13-6-5-7-14-38)15-23(4-2)24-10-11-29-27(16-24)32(37-36-29)30-17-26-28(19-34-20-31(26)35-30)25-9-8-12-33-18-25/h3-4,8-12,15-20,35H,1,5-7,13-14,21H2,2H3,(H,36,37)/b22-15+,23-4+. The first-order valence-corrected chi connectivity index (χ1v) is 13.3. The number of rotatable bonds is 7. The fraction of sp³-hybridized carbons (Fsp3) is 0.219. The Morgan fingerprint density at radius 3 is 2.68 bits per heavy atom. The Hall–Kier alpha value is -4.29. The van der Waals surface area contributed by atoms with E-state index in [2.05, 4.69) is 80.9 Å². The van der Waals surface area contributed by atoms with Crippen molar-refractivity contribution in [1.29, 1.82) is 0 Å². The van der Waals surface area contributed by atoms with Crippen LogP contribution in [-0.2, 0) is 0 Å². The lowest BCUT2D eigenvalue weighted by atomic mass is 9.99. The highest BCUT2D eigenvalue weighted by Gasteiger charge is 2.15. The summed E-state index contributed by atoms with van der Waals surface area (Å²) in [6.45, 7) is 9.48. The van der Waals surface area contributed by atoms with Crippen LogP contribution in [0.2, 0.25) is 0 Å². The van der Waals surface area contributed by atoms with E-state index in [9.17, 15) is 0 Å². The number of piperidine rings is 1. The Balaban J connectivity index is 1.36. The Bertz CT molecular complexity index is 1650. The van der Waals surface area contributed by atoms with Crippen LogP contribution in [0.25, 0.3) is 49.9 Å². The summed E-state index contributed by atoms with van der Waals surface area (Å²) in [5, 5.41) is 10.1. The van der Waals surface area contributed by atoms with Crippen LogP contribution < -0.4 is 0 Å². The highest BCUT2D eigenvalue weighted by Crippen LogP contribution is 2.34. The average molecular weight is 501 g/mol. The van der Waals surface area contributed by atoms with E-state index in [1.54, 1.807) is 6.20 Å². The number of H-pyrrole nitrogens is 2. The highest BCUT2D eigenvalue weighted by molar-refractivity contribution is 6.01. The number of aromatic amines is 2. The van der Waals surface area contributed by atoms with Gasteiger partial charge in [0.1, 0.15) is 5.69 Å². The van der Waals surface area contributed by atoms with Crippen molar-refractivity contribution in [3.8, 4) is 22.5 Å². The number of likely N-dealkylation sites (tertiary alicyclic amines) is 1. The van der Waals surface area contributed by atoms with Crippen molar-refractivity contribution in [3.05, 3.63) is 97.1 Å². The maximum atomic E-state index is 4.70. The van der Waals surface area contributed by atoms with Gasteiger partial charge in [0.25, 0.3) is 0 Å². The lowest BCUT2D eigenvalue weighted by Gasteiger charge is -2.26. The van der Waals surface area contributed by atoms with Crippen LogP contribution in [0, 0.1) is 0 Å². The smallest absolute Gasteiger partial charge is 0.116 e. The fourth-order valence-corrected chi connectivity index (χ4v) is 5.41. The van der Waals surface area contributed by atoms with Gasteiger partial charge in [-0.1, -0.05) is 43.4 Å². The molecule has 6 rings (SSSR count). The van der Waals surface area contributed by atoms with Crippen molar-refractivity contribution in [1.82, 2.24) is 30.0 Å². The molecule has 1 saturated heterocycles. The number of hydrogen-bond donors (Lipinski definition) is 2. The van der Waals surface area contributed by atoms with Crippen LogP contribution in [-0.4, -0.2) is 49.7 Å². The monoisotopic (exact) mass is 500 g/mol. The number of pyridine rings is 2. The van der Waals surface area contributed by atoms with E-state index in [1.165, 1.54) is 43.5 Å². The lowest BCUT2D eigenvalue weighted by Crippen LogP contribution is -2.31. The van der Waals surface area contributed by atoms with Gasteiger partial charge in [-0.05, 0) is 73.8 Å². The summed E-state index contributed by atoms with van der Waals surface area (Å²) in [5.41, 5.74) is 9.51. The summed E-state index contributed by atoms with van der Waals surface area (Å²) in [5.74, 6) is 0. The molecule has 2 N–H and O–H groups in total. The molecule has 6 heteroatoms. The van der Waals surface area contributed by atoms with Gasteiger partial charge < -0.3 is 4.98 Å². The molecule has 0 amide bonds. The number of nitrogens with one attached hydrogen (secondary N) is 2. The minimum atomic E-state index is 0.895. The molecule has 1 aromatic carbocycles. The molecule has 0 saturated carbocycles. The van der Waals surface area contributed by atoms with E-state index >= 15 is 0 Å². The second-order valence-corrected chi connectivity index (χ2v) is 9.91. The quantitative estimate of drug-likeness (QED) is 0.232. The second-order valence-electron chi connectivity index (χ2n) is 9.91. The van der Waals surface area contributed by atoms with Gasteiger partial charge in [0.2, 0.25) is 0 Å². The Labute approximate surface area is 222 Å². The zero-order chi connectivity index (χ0) is 25.9. The second kappa shape index (κ2) is 10.6. The fourth-order valence-electron chi connectivity index (χ4n) is 5.41. The third kappa shape index (κ3) is 4.71. The van der Waals surface area contributed by atoms with Crippen molar-refractivity contribution in [2.45, 2.75) is 26.2 Å². The van der Waals surface area contributed by atoms with E-state index in [-0.39, 0.29) is 0 Å². The summed E-state index contributed by atoms with van der Waals surface area (Å²) < 4.78 is 0. The average Bonchev–Trinajstić information content (AvgIpc) is 3.60. The molecule has 38 heavy (non-hydrogen) atoms. The van der Waals surface area contributed by atoms with Gasteiger partial charge in [0.05, 0.1) is 22.9 Å². The molecule has 0 spiro atoms. The molecule has 5 aromatic rings. The molecule has 0 radical (unpaired) electrons. The van der Waals surface area contributed by atoms with E-state index < -0.39 is 0 Å². The van der Waals surface area contributed by atoms with Crippen molar-refractivity contribution in [2.24, 2.45) is 0 Å². The summed E-state index contributed by atoms with van der Waals surface area (Å²) in [6, 6.07) is 12.7. The van der Waals surface area contributed by atoms with Crippen molar-refractivity contribution >= 4 is 27.4 Å². The lowest BCUT2D eigenvalue weighted by molar-refractivity contribution is 0.248. The number of nitrogens with zero attached hydrogens (tertiary/aromatic N) is 4. The predicted octanol–water partition coefficient (Wildman–Crippen LogP) is 7.17. The van der Waals surface area contributed by atoms with Crippen molar-refractivity contribution in [2.75, 3.05) is 19.6 Å². The maximum absolute atomic E-state index is 4.70. The number of fused-ring (bicyclic) bond motifs is 2. The Morgan fingerprint density at radius 2 is 1.89 bits per heavy atom. The van der Waals surface area contributed by atoms with Gasteiger partial charge in [0, 0.05) is 47.0 Å². The third-order valence-corrected chi connectivity index (χ3v) is 7.44. The van der Waals surface area contributed by atoms with E-state index in [4.69, 9.17) is 5.10 Å². The minimum Gasteiger partial charge on any atom is -0.352 e. The third-order valence-electron chi connectivity index (χ3n) is 7.44. The van der Waals surface area contributed by atoms with E-state index in [0.717, 1.165) is 56.4 Å². The molecular formula is C32H32N6. The van der Waals surface area contributed by atoms with Crippen LogP contribution in [0.5, 0.6) is 0 Å². The van der Waals surface area contributed by atoms with Gasteiger partial charge >= 0.3 is 0 Å². The number of allylic oxidation sites excluding steroid dienone is 3. The first kappa shape index (κ1) is 24.1. The van der Waals surface area contributed by atoms with Crippen LogP contribution in [0.4, 0.5) is 0 Å². The van der Waals surface area contributed by atoms with Gasteiger partial charge in [0.15, 0.2) is 0 Å². The molecule has 0 atom stereocenters. The minimum absolute atomic E-state index is 0.895. The highest BCUT2D eigenvalue weighted by atomic mass is 15.1. The van der Waals surface area contributed by atoms with Gasteiger partial charge in [-0.2, -0.15) is 5.10 Å². The van der Waals surface area contributed by atoms with Gasteiger partial charge in [-0.15, -0.1) is 0 Å². The molecule has 5 heterocycles. The zero-order valence-electron chi connectivity index (χ0n) is 21.7. The maximum Gasteiger partial charge on any atom is 0.116 e. The molecule has 1 aliphatic heterocycles. The summed E-state index contributed by atoms with van der Waals surface area (Å²) in [4.78, 5) is 14.8. The topological polar surface area (TPSA) is 73.5 Å². The zero-order valence-corrected chi connectivity index (χ0v) is 21.7. The number of hydrogen-bond acceptors (Lipinski definition) is 4. The Morgan fingerprint density at radius 1 is 1.00 bits per heavy atom. The summed E-state index contributed by atoms with van der Waals surface area (Å²) in [6.07, 6.45) is 17.8. The number of benzene rings is 1. The van der Waals surface area contributed by atoms with Crippen LogP contribution in [0.15, 0.2) is 91.6 Å². The first-order chi connectivity index (χ1) is 18.7. The number of aromatic nitrogens is 5. The van der Waals surface area contributed by atoms with Crippen LogP contribution >= 0.6 is 0 Å². The van der Waals surface area contributed by atoms with Crippen molar-refractivity contribution < 1.29 is 0 Å². The first-order valence-electron chi connectivity index (χ1n) is 13.3. The molecule has 4 aromatic heterocycles. The normalized spacial score (nSPS) is 15.4. The van der Waals surface area contributed by atoms with E-state index in [1.807, 2.05) is 30.7 Å². The summed E-state index contributed by atoms with van der Waals surface area (Å²) >= 11 is 0. The summed E-state index contributed by atoms with van der Waals surface area (Å²) in [7, 11) is 0. The Kier molecular flexibility index (Phi) is 6.71. The van der Waals surface area contributed by atoms with Crippen LogP contribution in [0.1, 0.15) is 31.7 Å². The molecular weight excluding hydrogens is 468 g/mol. The molecule has 1 fully saturated rings. The largest absolute Gasteiger partial charge is 0.352 e. The van der Waals surface area contributed by atoms with Crippen LogP contribution in [0.3, 0.4) is 0 Å². The molecule has 6 nitrogen and oxygen atoms in total. The van der Waals surface area contributed by atoms with E-state index in [0.29, 0.717) is 0 Å². The van der Waals surface area contributed by atoms with Gasteiger partial charge in [-0.3, -0.25) is 20.0 Å².